The maximum Gasteiger partial charge on any atom is 0.330 e. The average Bonchev–Trinajstić information content (AvgIpc) is 3.12. The molecule has 194 valence electrons. The summed E-state index contributed by atoms with van der Waals surface area (Å²) in [4.78, 5) is 11.5. The van der Waals surface area contributed by atoms with Crippen LogP contribution in [0.25, 0.3) is 0 Å². The van der Waals surface area contributed by atoms with Gasteiger partial charge in [-0.05, 0) is 44.6 Å². The highest BCUT2D eigenvalue weighted by Gasteiger charge is 2.53. The number of hydrogen-bond acceptors (Lipinski definition) is 6. The van der Waals surface area contributed by atoms with Crippen molar-refractivity contribution in [2.45, 2.75) is 146 Å². The van der Waals surface area contributed by atoms with Gasteiger partial charge < -0.3 is 24.4 Å². The summed E-state index contributed by atoms with van der Waals surface area (Å²) in [6, 6.07) is 0. The van der Waals surface area contributed by atoms with Gasteiger partial charge >= 0.3 is 5.97 Å². The van der Waals surface area contributed by atoms with Gasteiger partial charge in [0.25, 0.3) is 0 Å². The number of ether oxygens (including phenoxy) is 3. The van der Waals surface area contributed by atoms with E-state index in [4.69, 9.17) is 14.2 Å². The van der Waals surface area contributed by atoms with Crippen molar-refractivity contribution in [3.63, 3.8) is 0 Å². The number of carbonyl (C=O) groups excluding carboxylic acids is 1. The van der Waals surface area contributed by atoms with E-state index in [9.17, 15) is 15.0 Å². The number of esters is 1. The van der Waals surface area contributed by atoms with Gasteiger partial charge in [-0.1, -0.05) is 70.4 Å². The van der Waals surface area contributed by atoms with Gasteiger partial charge in [-0.2, -0.15) is 0 Å². The Morgan fingerprint density at radius 1 is 1.03 bits per heavy atom. The SMILES string of the molecule is CC/C=C/CCCCCCCCCCCC(O)CC1CC(O)CC2(CC3OC(=O)C=CC3O2)O1. The van der Waals surface area contributed by atoms with Crippen molar-refractivity contribution in [3.05, 3.63) is 24.3 Å². The third kappa shape index (κ3) is 9.10. The molecule has 0 amide bonds. The standard InChI is InChI=1S/C28H46O6/c1-2-3-4-5-6-7-8-9-10-11-12-13-14-15-22(29)18-24-19-23(30)20-28(33-24)21-26-25(34-28)16-17-27(31)32-26/h3-4,16-17,22-26,29-30H,2,5-15,18-21H2,1H3/b4-3+. The molecule has 3 rings (SSSR count). The lowest BCUT2D eigenvalue weighted by molar-refractivity contribution is -0.285. The molecule has 3 aliphatic heterocycles. The van der Waals surface area contributed by atoms with Gasteiger partial charge in [-0.15, -0.1) is 0 Å². The fraction of sp³-hybridized carbons (Fsp3) is 0.821. The van der Waals surface area contributed by atoms with Crippen molar-refractivity contribution in [2.24, 2.45) is 0 Å². The number of aliphatic hydroxyl groups is 2. The molecule has 6 nitrogen and oxygen atoms in total. The molecule has 2 saturated heterocycles. The predicted molar refractivity (Wildman–Crippen MR) is 132 cm³/mol. The van der Waals surface area contributed by atoms with Crippen molar-refractivity contribution in [1.82, 2.24) is 0 Å². The molecule has 0 aromatic carbocycles. The van der Waals surface area contributed by atoms with E-state index >= 15 is 0 Å². The zero-order valence-corrected chi connectivity index (χ0v) is 21.0. The minimum atomic E-state index is -0.932. The fourth-order valence-corrected chi connectivity index (χ4v) is 5.51. The number of hydrogen-bond donors (Lipinski definition) is 2. The van der Waals surface area contributed by atoms with Crippen LogP contribution in [0.2, 0.25) is 0 Å². The Labute approximate surface area is 205 Å². The van der Waals surface area contributed by atoms with Gasteiger partial charge in [0.1, 0.15) is 12.2 Å². The van der Waals surface area contributed by atoms with E-state index in [1.807, 2.05) is 0 Å². The van der Waals surface area contributed by atoms with Crippen LogP contribution in [0.4, 0.5) is 0 Å². The zero-order chi connectivity index (χ0) is 24.2. The summed E-state index contributed by atoms with van der Waals surface area (Å²) in [7, 11) is 0. The van der Waals surface area contributed by atoms with Crippen molar-refractivity contribution in [1.29, 1.82) is 0 Å². The van der Waals surface area contributed by atoms with E-state index in [2.05, 4.69) is 19.1 Å². The van der Waals surface area contributed by atoms with Crippen LogP contribution >= 0.6 is 0 Å². The Morgan fingerprint density at radius 2 is 1.74 bits per heavy atom. The van der Waals surface area contributed by atoms with E-state index in [0.717, 1.165) is 25.7 Å². The number of rotatable bonds is 15. The first-order chi connectivity index (χ1) is 16.5. The molecule has 34 heavy (non-hydrogen) atoms. The molecule has 2 N–H and O–H groups in total. The summed E-state index contributed by atoms with van der Waals surface area (Å²) in [5.74, 6) is -1.29. The van der Waals surface area contributed by atoms with Crippen molar-refractivity contribution in [2.75, 3.05) is 0 Å². The van der Waals surface area contributed by atoms with E-state index in [1.165, 1.54) is 57.4 Å². The van der Waals surface area contributed by atoms with Crippen LogP contribution in [-0.4, -0.2) is 52.5 Å². The van der Waals surface area contributed by atoms with Crippen molar-refractivity contribution < 1.29 is 29.2 Å². The van der Waals surface area contributed by atoms with Crippen LogP contribution in [0, 0.1) is 0 Å². The molecule has 3 aliphatic rings. The van der Waals surface area contributed by atoms with Crippen molar-refractivity contribution in [3.8, 4) is 0 Å². The largest absolute Gasteiger partial charge is 0.456 e. The minimum absolute atomic E-state index is 0.254. The van der Waals surface area contributed by atoms with E-state index in [-0.39, 0.29) is 24.3 Å². The molecule has 0 aromatic heterocycles. The first-order valence-electron chi connectivity index (χ1n) is 13.8. The highest BCUT2D eigenvalue weighted by Crippen LogP contribution is 2.44. The van der Waals surface area contributed by atoms with Crippen LogP contribution < -0.4 is 0 Å². The predicted octanol–water partition coefficient (Wildman–Crippen LogP) is 5.50. The minimum Gasteiger partial charge on any atom is -0.456 e. The Balaban J connectivity index is 1.23. The second-order valence-electron chi connectivity index (χ2n) is 10.4. The first-order valence-corrected chi connectivity index (χ1v) is 13.8. The maximum atomic E-state index is 11.5. The normalized spacial score (nSPS) is 31.8. The lowest BCUT2D eigenvalue weighted by Crippen LogP contribution is -2.47. The lowest BCUT2D eigenvalue weighted by Gasteiger charge is -2.40. The highest BCUT2D eigenvalue weighted by molar-refractivity contribution is 5.83. The molecule has 0 bridgehead atoms. The summed E-state index contributed by atoms with van der Waals surface area (Å²) in [6.45, 7) is 2.18. The number of carbonyl (C=O) groups is 1. The first kappa shape index (κ1) is 27.4. The Morgan fingerprint density at radius 3 is 2.47 bits per heavy atom. The molecule has 1 spiro atoms. The van der Waals surface area contributed by atoms with Crippen LogP contribution in [0.3, 0.4) is 0 Å². The zero-order valence-electron chi connectivity index (χ0n) is 21.0. The maximum absolute atomic E-state index is 11.5. The molecule has 0 saturated carbocycles. The van der Waals surface area contributed by atoms with Gasteiger partial charge in [0.05, 0.1) is 18.3 Å². The van der Waals surface area contributed by atoms with E-state index in [0.29, 0.717) is 25.7 Å². The molecule has 0 aromatic rings. The summed E-state index contributed by atoms with van der Waals surface area (Å²) >= 11 is 0. The topological polar surface area (TPSA) is 85.2 Å². The monoisotopic (exact) mass is 478 g/mol. The lowest BCUT2D eigenvalue weighted by atomic mass is 9.92. The van der Waals surface area contributed by atoms with Crippen LogP contribution in [0.15, 0.2) is 24.3 Å². The Hall–Kier alpha value is -1.21. The van der Waals surface area contributed by atoms with Gasteiger partial charge in [-0.25, -0.2) is 4.79 Å². The molecule has 6 atom stereocenters. The number of allylic oxidation sites excluding steroid dienone is 2. The molecule has 2 fully saturated rings. The number of fused-ring (bicyclic) bond motifs is 1. The third-order valence-corrected chi connectivity index (χ3v) is 7.23. The number of aliphatic hydroxyl groups excluding tert-OH is 2. The highest BCUT2D eigenvalue weighted by atomic mass is 16.7. The van der Waals surface area contributed by atoms with Gasteiger partial charge in [-0.3, -0.25) is 0 Å². The molecule has 3 heterocycles. The van der Waals surface area contributed by atoms with Crippen LogP contribution in [-0.2, 0) is 19.0 Å². The quantitative estimate of drug-likeness (QED) is 0.184. The number of unbranched alkanes of at least 4 members (excludes halogenated alkanes) is 9. The van der Waals surface area contributed by atoms with Gasteiger partial charge in [0, 0.05) is 18.9 Å². The molecule has 6 heteroatoms. The molecule has 6 unspecified atom stereocenters. The third-order valence-electron chi connectivity index (χ3n) is 7.23. The second-order valence-corrected chi connectivity index (χ2v) is 10.4. The summed E-state index contributed by atoms with van der Waals surface area (Å²) < 4.78 is 17.7. The summed E-state index contributed by atoms with van der Waals surface area (Å²) in [6.07, 6.45) is 22.0. The Bertz CT molecular complexity index is 661. The summed E-state index contributed by atoms with van der Waals surface area (Å²) in [5, 5.41) is 21.0. The van der Waals surface area contributed by atoms with E-state index < -0.39 is 18.0 Å². The van der Waals surface area contributed by atoms with Gasteiger partial charge in [0.2, 0.25) is 0 Å². The average molecular weight is 479 g/mol. The molecule has 0 aliphatic carbocycles. The molecule has 0 radical (unpaired) electrons. The fourth-order valence-electron chi connectivity index (χ4n) is 5.51. The summed E-state index contributed by atoms with van der Waals surface area (Å²) in [5.41, 5.74) is 0. The Kier molecular flexibility index (Phi) is 11.6. The van der Waals surface area contributed by atoms with E-state index in [1.54, 1.807) is 6.08 Å². The van der Waals surface area contributed by atoms with Gasteiger partial charge in [0.15, 0.2) is 5.79 Å². The van der Waals surface area contributed by atoms with Crippen LogP contribution in [0.5, 0.6) is 0 Å². The molecular weight excluding hydrogens is 432 g/mol. The molecular formula is C28H46O6. The van der Waals surface area contributed by atoms with Crippen molar-refractivity contribution >= 4 is 5.97 Å². The van der Waals surface area contributed by atoms with Crippen LogP contribution in [0.1, 0.15) is 110 Å². The smallest absolute Gasteiger partial charge is 0.330 e. The second kappa shape index (κ2) is 14.4.